The van der Waals surface area contributed by atoms with Crippen molar-refractivity contribution in [3.05, 3.63) is 65.2 Å². The van der Waals surface area contributed by atoms with Gasteiger partial charge in [-0.2, -0.15) is 28.1 Å². The Balaban J connectivity index is 1.47. The molecule has 6 bridgehead atoms. The van der Waals surface area contributed by atoms with Crippen LogP contribution >= 0.6 is 0 Å². The number of nitrogens with zero attached hydrogens (tertiary/aromatic N) is 3. The highest BCUT2D eigenvalue weighted by Crippen LogP contribution is 2.20. The van der Waals surface area contributed by atoms with Crippen molar-refractivity contribution < 1.29 is 27.5 Å². The van der Waals surface area contributed by atoms with Crippen LogP contribution in [0.5, 0.6) is 6.01 Å². The lowest BCUT2D eigenvalue weighted by atomic mass is 10.1. The summed E-state index contributed by atoms with van der Waals surface area (Å²) in [5.41, 5.74) is 3.15. The van der Waals surface area contributed by atoms with Crippen LogP contribution in [0.25, 0.3) is 0 Å². The fourth-order valence-corrected chi connectivity index (χ4v) is 3.99. The molecule has 3 aliphatic heterocycles. The van der Waals surface area contributed by atoms with E-state index >= 15 is 0 Å². The number of fused-ring (bicyclic) bond motifs is 2. The molecule has 0 unspecified atom stereocenters. The molecule has 0 saturated heterocycles. The summed E-state index contributed by atoms with van der Waals surface area (Å²) in [6.45, 7) is 0.455. The summed E-state index contributed by atoms with van der Waals surface area (Å²) >= 11 is 0. The molecule has 12 nitrogen and oxygen atoms in total. The molecular formula is C28H34F3N9O3. The molecule has 4 heterocycles. The zero-order chi connectivity index (χ0) is 30.5. The Hall–Kier alpha value is -4.82. The van der Waals surface area contributed by atoms with Crippen molar-refractivity contribution in [2.75, 3.05) is 30.3 Å². The van der Waals surface area contributed by atoms with E-state index in [0.29, 0.717) is 31.9 Å². The van der Waals surface area contributed by atoms with Crippen molar-refractivity contribution in [1.29, 1.82) is 0 Å². The van der Waals surface area contributed by atoms with Crippen LogP contribution in [0.15, 0.2) is 48.5 Å². The number of benzene rings is 2. The van der Waals surface area contributed by atoms with Crippen LogP contribution in [0.2, 0.25) is 0 Å². The molecule has 43 heavy (non-hydrogen) atoms. The summed E-state index contributed by atoms with van der Waals surface area (Å²) in [7, 11) is 0. The molecule has 230 valence electrons. The standard InChI is InChI=1S/C28H34F3N9O3/c29-28(30,31)18-43-27-39-23-34-15-19-5-7-20(8-6-19)16-35-25(41)32-13-3-1-2-4-14-33-26(42)36-17-21-9-11-22(12-10-21)37-24(38-23)40-27/h5-12H,1-4,13-18H2,(H2,32,35,41)(H2,33,36,42)(H2,34,37,38,39,40). The number of ether oxygens (including phenoxy) is 1. The number of amides is 4. The van der Waals surface area contributed by atoms with Crippen molar-refractivity contribution in [2.45, 2.75) is 51.5 Å². The first-order chi connectivity index (χ1) is 20.7. The molecule has 0 spiro atoms. The molecule has 2 aromatic carbocycles. The van der Waals surface area contributed by atoms with Gasteiger partial charge in [-0.1, -0.05) is 49.2 Å². The number of aromatic nitrogens is 3. The minimum absolute atomic E-state index is 0.0112. The Morgan fingerprint density at radius 3 is 1.65 bits per heavy atom. The van der Waals surface area contributed by atoms with Crippen molar-refractivity contribution in [3.63, 3.8) is 0 Å². The van der Waals surface area contributed by atoms with Crippen LogP contribution in [0.4, 0.5) is 40.3 Å². The number of halogens is 3. The first-order valence-corrected chi connectivity index (χ1v) is 13.9. The second-order valence-corrected chi connectivity index (χ2v) is 9.79. The predicted molar refractivity (Wildman–Crippen MR) is 154 cm³/mol. The van der Waals surface area contributed by atoms with E-state index in [0.717, 1.165) is 42.4 Å². The number of anilines is 3. The quantitative estimate of drug-likeness (QED) is 0.254. The fraction of sp³-hybridized carbons (Fsp3) is 0.393. The summed E-state index contributed by atoms with van der Waals surface area (Å²) in [5, 5.41) is 17.2. The largest absolute Gasteiger partial charge is 0.454 e. The van der Waals surface area contributed by atoms with Gasteiger partial charge < -0.3 is 36.6 Å². The van der Waals surface area contributed by atoms with E-state index in [-0.39, 0.29) is 30.5 Å². The van der Waals surface area contributed by atoms with E-state index < -0.39 is 18.8 Å². The molecule has 3 aliphatic rings. The van der Waals surface area contributed by atoms with Crippen molar-refractivity contribution >= 4 is 29.6 Å². The first-order valence-electron chi connectivity index (χ1n) is 13.9. The number of carbonyl (C=O) groups excluding carboxylic acids is 2. The molecule has 3 aromatic rings. The van der Waals surface area contributed by atoms with E-state index in [1.165, 1.54) is 0 Å². The average molecular weight is 602 g/mol. The maximum Gasteiger partial charge on any atom is 0.422 e. The molecule has 4 amide bonds. The Bertz CT molecular complexity index is 1340. The number of carbonyl (C=O) groups is 2. The Morgan fingerprint density at radius 1 is 0.628 bits per heavy atom. The van der Waals surface area contributed by atoms with Crippen LogP contribution < -0.4 is 36.6 Å². The Kier molecular flexibility index (Phi) is 11.2. The number of alkyl halides is 3. The van der Waals surface area contributed by atoms with E-state index in [9.17, 15) is 22.8 Å². The molecule has 0 fully saturated rings. The lowest BCUT2D eigenvalue weighted by Crippen LogP contribution is -2.35. The molecule has 0 saturated carbocycles. The molecule has 0 atom stereocenters. The minimum Gasteiger partial charge on any atom is -0.454 e. The summed E-state index contributed by atoms with van der Waals surface area (Å²) in [6.07, 6.45) is -1.04. The zero-order valence-electron chi connectivity index (χ0n) is 23.4. The maximum absolute atomic E-state index is 12.8. The average Bonchev–Trinajstić information content (AvgIpc) is 2.98. The maximum atomic E-state index is 12.8. The van der Waals surface area contributed by atoms with Gasteiger partial charge in [-0.05, 0) is 41.7 Å². The monoisotopic (exact) mass is 601 g/mol. The summed E-state index contributed by atoms with van der Waals surface area (Å²) < 4.78 is 43.1. The van der Waals surface area contributed by atoms with Gasteiger partial charge in [0.1, 0.15) is 0 Å². The van der Waals surface area contributed by atoms with Gasteiger partial charge in [0.05, 0.1) is 0 Å². The minimum atomic E-state index is -4.57. The van der Waals surface area contributed by atoms with Crippen molar-refractivity contribution in [2.24, 2.45) is 0 Å². The first kappa shape index (κ1) is 31.1. The number of urea groups is 2. The van der Waals surface area contributed by atoms with Gasteiger partial charge in [0.25, 0.3) is 0 Å². The number of hydrogen-bond acceptors (Lipinski definition) is 8. The third-order valence-electron chi connectivity index (χ3n) is 6.24. The van der Waals surface area contributed by atoms with Crippen molar-refractivity contribution in [3.8, 4) is 6.01 Å². The molecule has 15 heteroatoms. The molecule has 0 radical (unpaired) electrons. The zero-order valence-corrected chi connectivity index (χ0v) is 23.4. The van der Waals surface area contributed by atoms with E-state index in [1.807, 2.05) is 24.3 Å². The van der Waals surface area contributed by atoms with Gasteiger partial charge in [0.2, 0.25) is 11.9 Å². The summed E-state index contributed by atoms with van der Waals surface area (Å²) in [5.74, 6) is -0.00938. The summed E-state index contributed by atoms with van der Waals surface area (Å²) in [4.78, 5) is 36.4. The highest BCUT2D eigenvalue weighted by Gasteiger charge is 2.29. The normalized spacial score (nSPS) is 15.8. The van der Waals surface area contributed by atoms with Crippen LogP contribution in [0.3, 0.4) is 0 Å². The third-order valence-corrected chi connectivity index (χ3v) is 6.24. The van der Waals surface area contributed by atoms with Crippen LogP contribution in [-0.4, -0.2) is 52.9 Å². The predicted octanol–water partition coefficient (Wildman–Crippen LogP) is 4.34. The second-order valence-electron chi connectivity index (χ2n) is 9.79. The van der Waals surface area contributed by atoms with Gasteiger partial charge in [-0.25, -0.2) is 9.59 Å². The van der Waals surface area contributed by atoms with Gasteiger partial charge in [0, 0.05) is 38.4 Å². The molecule has 0 aliphatic carbocycles. The number of rotatable bonds is 2. The lowest BCUT2D eigenvalue weighted by molar-refractivity contribution is -0.154. The van der Waals surface area contributed by atoms with E-state index in [1.54, 1.807) is 24.3 Å². The molecule has 6 N–H and O–H groups in total. The highest BCUT2D eigenvalue weighted by atomic mass is 19.4. The van der Waals surface area contributed by atoms with E-state index in [4.69, 9.17) is 4.74 Å². The number of nitrogens with one attached hydrogen (secondary N) is 6. The van der Waals surface area contributed by atoms with E-state index in [2.05, 4.69) is 46.9 Å². The van der Waals surface area contributed by atoms with Crippen LogP contribution in [0.1, 0.15) is 42.4 Å². The molecular weight excluding hydrogens is 567 g/mol. The van der Waals surface area contributed by atoms with Gasteiger partial charge >= 0.3 is 24.2 Å². The lowest BCUT2D eigenvalue weighted by Gasteiger charge is -2.13. The van der Waals surface area contributed by atoms with Crippen LogP contribution in [0, 0.1) is 0 Å². The smallest absolute Gasteiger partial charge is 0.422 e. The van der Waals surface area contributed by atoms with Crippen molar-refractivity contribution in [1.82, 2.24) is 36.2 Å². The van der Waals surface area contributed by atoms with Gasteiger partial charge in [0.15, 0.2) is 6.61 Å². The topological polar surface area (TPSA) is 154 Å². The Labute approximate surface area is 246 Å². The van der Waals surface area contributed by atoms with Crippen LogP contribution in [-0.2, 0) is 19.6 Å². The highest BCUT2D eigenvalue weighted by molar-refractivity contribution is 5.74. The fourth-order valence-electron chi connectivity index (χ4n) is 3.99. The van der Waals surface area contributed by atoms with Gasteiger partial charge in [-0.15, -0.1) is 0 Å². The summed E-state index contributed by atoms with van der Waals surface area (Å²) in [6, 6.07) is 13.5. The third kappa shape index (κ3) is 11.5. The molecule has 1 aromatic heterocycles. The second kappa shape index (κ2) is 15.4. The SMILES string of the molecule is O=C1NCCCCCCNC(=O)NCc2ccc(cc2)Nc2nc(nc(OCC(F)(F)F)n2)NCc2ccc(cc2)CN1. The Morgan fingerprint density at radius 2 is 1.12 bits per heavy atom. The molecule has 6 rings (SSSR count). The van der Waals surface area contributed by atoms with Gasteiger partial charge in [-0.3, -0.25) is 0 Å². The number of hydrogen-bond donors (Lipinski definition) is 6.